The standard InChI is InChI=1S/C24H21ClF3N3O2S/c25-20-18-7-6-16(24(26,27)28)12-19(18)34-21(20)23(33)31-13-17(14-31)29-8-10-30(11-9-29)22(32)15-4-2-1-3-5-15/h1-7,12,17H,8-11,13-14H2. The van der Waals surface area contributed by atoms with Gasteiger partial charge >= 0.3 is 6.18 Å². The number of hydrogen-bond acceptors (Lipinski definition) is 4. The summed E-state index contributed by atoms with van der Waals surface area (Å²) < 4.78 is 39.4. The quantitative estimate of drug-likeness (QED) is 0.509. The first kappa shape index (κ1) is 23.1. The van der Waals surface area contributed by atoms with Crippen molar-refractivity contribution in [1.29, 1.82) is 0 Å². The van der Waals surface area contributed by atoms with Crippen molar-refractivity contribution in [3.05, 3.63) is 69.6 Å². The van der Waals surface area contributed by atoms with Gasteiger partial charge in [0, 0.05) is 61.0 Å². The normalized spacial score (nSPS) is 17.8. The van der Waals surface area contributed by atoms with Crippen LogP contribution in [-0.4, -0.2) is 71.8 Å². The molecule has 2 saturated heterocycles. The van der Waals surface area contributed by atoms with Crippen LogP contribution in [0.2, 0.25) is 5.02 Å². The molecule has 34 heavy (non-hydrogen) atoms. The molecule has 2 aliphatic rings. The summed E-state index contributed by atoms with van der Waals surface area (Å²) in [7, 11) is 0. The van der Waals surface area contributed by atoms with E-state index in [-0.39, 0.29) is 27.8 Å². The van der Waals surface area contributed by atoms with Gasteiger partial charge < -0.3 is 9.80 Å². The van der Waals surface area contributed by atoms with Gasteiger partial charge in [-0.25, -0.2) is 0 Å². The van der Waals surface area contributed by atoms with Gasteiger partial charge in [-0.3, -0.25) is 14.5 Å². The molecule has 2 aromatic carbocycles. The van der Waals surface area contributed by atoms with Gasteiger partial charge in [-0.2, -0.15) is 13.2 Å². The van der Waals surface area contributed by atoms with Crippen molar-refractivity contribution in [2.75, 3.05) is 39.3 Å². The predicted octanol–water partition coefficient (Wildman–Crippen LogP) is 4.86. The average molecular weight is 508 g/mol. The molecule has 0 radical (unpaired) electrons. The zero-order valence-corrected chi connectivity index (χ0v) is 19.6. The molecule has 0 N–H and O–H groups in total. The van der Waals surface area contributed by atoms with E-state index in [9.17, 15) is 22.8 Å². The zero-order chi connectivity index (χ0) is 24.0. The number of amides is 2. The Bertz CT molecular complexity index is 1230. The van der Waals surface area contributed by atoms with Crippen LogP contribution >= 0.6 is 22.9 Å². The Morgan fingerprint density at radius 3 is 2.24 bits per heavy atom. The summed E-state index contributed by atoms with van der Waals surface area (Å²) in [6.45, 7) is 3.78. The van der Waals surface area contributed by atoms with E-state index in [2.05, 4.69) is 4.90 Å². The minimum Gasteiger partial charge on any atom is -0.336 e. The van der Waals surface area contributed by atoms with Crippen molar-refractivity contribution in [2.24, 2.45) is 0 Å². The number of thiophene rings is 1. The number of nitrogens with zero attached hydrogens (tertiary/aromatic N) is 3. The van der Waals surface area contributed by atoms with Crippen LogP contribution in [-0.2, 0) is 6.18 Å². The number of benzene rings is 2. The molecule has 1 aromatic heterocycles. The average Bonchev–Trinajstić information content (AvgIpc) is 3.14. The zero-order valence-electron chi connectivity index (χ0n) is 18.0. The molecule has 0 aliphatic carbocycles. The summed E-state index contributed by atoms with van der Waals surface area (Å²) in [6, 6.07) is 12.7. The van der Waals surface area contributed by atoms with Crippen LogP contribution in [0.3, 0.4) is 0 Å². The third-order valence-electron chi connectivity index (χ3n) is 6.44. The molecule has 0 spiro atoms. The number of likely N-dealkylation sites (tertiary alicyclic amines) is 1. The van der Waals surface area contributed by atoms with Crippen LogP contribution in [0.1, 0.15) is 25.6 Å². The molecule has 2 fully saturated rings. The largest absolute Gasteiger partial charge is 0.416 e. The van der Waals surface area contributed by atoms with Crippen molar-refractivity contribution in [2.45, 2.75) is 12.2 Å². The topological polar surface area (TPSA) is 43.9 Å². The number of rotatable bonds is 3. The molecular formula is C24H21ClF3N3O2S. The maximum absolute atomic E-state index is 13.0. The third kappa shape index (κ3) is 4.28. The number of piperazine rings is 1. The molecule has 3 heterocycles. The van der Waals surface area contributed by atoms with E-state index in [4.69, 9.17) is 11.6 Å². The molecule has 0 unspecified atom stereocenters. The van der Waals surface area contributed by atoms with E-state index in [0.717, 1.165) is 36.6 Å². The maximum atomic E-state index is 13.0. The molecule has 5 nitrogen and oxygen atoms in total. The van der Waals surface area contributed by atoms with Crippen LogP contribution in [0.15, 0.2) is 48.5 Å². The van der Waals surface area contributed by atoms with Crippen molar-refractivity contribution < 1.29 is 22.8 Å². The third-order valence-corrected chi connectivity index (χ3v) is 8.08. The Labute approximate surface area is 203 Å². The van der Waals surface area contributed by atoms with Crippen molar-refractivity contribution in [3.63, 3.8) is 0 Å². The first-order valence-corrected chi connectivity index (χ1v) is 12.1. The molecule has 0 atom stereocenters. The van der Waals surface area contributed by atoms with Crippen LogP contribution in [0.25, 0.3) is 10.1 Å². The predicted molar refractivity (Wildman–Crippen MR) is 125 cm³/mol. The number of carbonyl (C=O) groups is 2. The number of alkyl halides is 3. The summed E-state index contributed by atoms with van der Waals surface area (Å²) >= 11 is 7.36. The Hall–Kier alpha value is -2.62. The lowest BCUT2D eigenvalue weighted by molar-refractivity contribution is -0.137. The lowest BCUT2D eigenvalue weighted by atomic mass is 10.0. The minimum atomic E-state index is -4.45. The second-order valence-corrected chi connectivity index (χ2v) is 9.94. The van der Waals surface area contributed by atoms with Gasteiger partial charge in [0.2, 0.25) is 0 Å². The van der Waals surface area contributed by atoms with E-state index < -0.39 is 11.7 Å². The summed E-state index contributed by atoms with van der Waals surface area (Å²) in [5.74, 6) is -0.229. The van der Waals surface area contributed by atoms with Gasteiger partial charge in [0.15, 0.2) is 0 Å². The first-order chi connectivity index (χ1) is 16.2. The van der Waals surface area contributed by atoms with E-state index in [1.165, 1.54) is 6.07 Å². The van der Waals surface area contributed by atoms with Crippen LogP contribution in [0, 0.1) is 0 Å². The lowest BCUT2D eigenvalue weighted by Crippen LogP contribution is -2.64. The smallest absolute Gasteiger partial charge is 0.336 e. The van der Waals surface area contributed by atoms with Crippen molar-refractivity contribution in [1.82, 2.24) is 14.7 Å². The Morgan fingerprint density at radius 1 is 0.912 bits per heavy atom. The van der Waals surface area contributed by atoms with Gasteiger partial charge in [0.1, 0.15) is 4.88 Å². The highest BCUT2D eigenvalue weighted by Crippen LogP contribution is 2.40. The second-order valence-electron chi connectivity index (χ2n) is 8.51. The van der Waals surface area contributed by atoms with E-state index in [1.807, 2.05) is 35.2 Å². The van der Waals surface area contributed by atoms with Crippen LogP contribution < -0.4 is 0 Å². The summed E-state index contributed by atoms with van der Waals surface area (Å²) in [6.07, 6.45) is -4.45. The summed E-state index contributed by atoms with van der Waals surface area (Å²) in [5, 5.41) is 0.662. The molecule has 3 aromatic rings. The number of hydrogen-bond donors (Lipinski definition) is 0. The monoisotopic (exact) mass is 507 g/mol. The van der Waals surface area contributed by atoms with Gasteiger partial charge in [-0.05, 0) is 24.3 Å². The molecule has 10 heteroatoms. The molecule has 2 amide bonds. The molecule has 2 aliphatic heterocycles. The van der Waals surface area contributed by atoms with Crippen LogP contribution in [0.4, 0.5) is 13.2 Å². The fraction of sp³-hybridized carbons (Fsp3) is 0.333. The van der Waals surface area contributed by atoms with Gasteiger partial charge in [-0.15, -0.1) is 11.3 Å². The van der Waals surface area contributed by atoms with Crippen molar-refractivity contribution in [3.8, 4) is 0 Å². The highest BCUT2D eigenvalue weighted by atomic mass is 35.5. The fourth-order valence-electron chi connectivity index (χ4n) is 4.43. The van der Waals surface area contributed by atoms with Gasteiger partial charge in [-0.1, -0.05) is 35.9 Å². The maximum Gasteiger partial charge on any atom is 0.416 e. The summed E-state index contributed by atoms with van der Waals surface area (Å²) in [4.78, 5) is 31.7. The molecule has 0 saturated carbocycles. The highest BCUT2D eigenvalue weighted by molar-refractivity contribution is 7.21. The van der Waals surface area contributed by atoms with Gasteiger partial charge in [0.25, 0.3) is 11.8 Å². The van der Waals surface area contributed by atoms with E-state index in [1.54, 1.807) is 4.90 Å². The summed E-state index contributed by atoms with van der Waals surface area (Å²) in [5.41, 5.74) is -0.0789. The fourth-order valence-corrected chi connectivity index (χ4v) is 5.95. The SMILES string of the molecule is O=C(c1ccccc1)N1CCN(C2CN(C(=O)c3sc4cc(C(F)(F)F)ccc4c3Cl)C2)CC1. The van der Waals surface area contributed by atoms with Crippen molar-refractivity contribution >= 4 is 44.8 Å². The Morgan fingerprint density at radius 2 is 1.59 bits per heavy atom. The molecule has 5 rings (SSSR count). The van der Waals surface area contributed by atoms with E-state index >= 15 is 0 Å². The number of halogens is 4. The second kappa shape index (κ2) is 8.87. The lowest BCUT2D eigenvalue weighted by Gasteiger charge is -2.48. The number of carbonyl (C=O) groups excluding carboxylic acids is 2. The van der Waals surface area contributed by atoms with Crippen LogP contribution in [0.5, 0.6) is 0 Å². The van der Waals surface area contributed by atoms with E-state index in [0.29, 0.717) is 41.8 Å². The highest BCUT2D eigenvalue weighted by Gasteiger charge is 2.38. The van der Waals surface area contributed by atoms with Gasteiger partial charge in [0.05, 0.1) is 10.6 Å². The first-order valence-electron chi connectivity index (χ1n) is 10.9. The Balaban J connectivity index is 1.19. The Kier molecular flexibility index (Phi) is 6.03. The minimum absolute atomic E-state index is 0.0266. The molecule has 178 valence electrons. The molecular weight excluding hydrogens is 487 g/mol. The molecule has 0 bridgehead atoms. The number of fused-ring (bicyclic) bond motifs is 1.